The maximum absolute atomic E-state index is 13.6. The minimum absolute atomic E-state index is 0.0145. The predicted octanol–water partition coefficient (Wildman–Crippen LogP) is -3.72. The van der Waals surface area contributed by atoms with Gasteiger partial charge in [0.05, 0.1) is 12.1 Å². The average molecular weight is 729 g/mol. The number of guanidine groups is 2. The van der Waals surface area contributed by atoms with Crippen LogP contribution in [-0.2, 0) is 28.8 Å². The van der Waals surface area contributed by atoms with Gasteiger partial charge in [0.15, 0.2) is 11.9 Å². The monoisotopic (exact) mass is 728 g/mol. The number of hydrogen-bond acceptors (Lipinski definition) is 10. The second-order valence-corrected chi connectivity index (χ2v) is 13.3. The summed E-state index contributed by atoms with van der Waals surface area (Å²) in [5, 5.41) is 32.6. The number of nitrogens with one attached hydrogen (secondary N) is 5. The van der Waals surface area contributed by atoms with Gasteiger partial charge in [-0.15, -0.1) is 0 Å². The molecule has 0 aromatic heterocycles. The molecular formula is C31H60N12O8. The van der Waals surface area contributed by atoms with Gasteiger partial charge in [0.2, 0.25) is 29.5 Å². The van der Waals surface area contributed by atoms with Gasteiger partial charge in [-0.3, -0.25) is 34.0 Å². The van der Waals surface area contributed by atoms with Gasteiger partial charge in [0, 0.05) is 13.1 Å². The molecule has 0 radical (unpaired) electrons. The fourth-order valence-corrected chi connectivity index (χ4v) is 4.58. The Kier molecular flexibility index (Phi) is 20.8. The van der Waals surface area contributed by atoms with E-state index in [9.17, 15) is 39.0 Å². The summed E-state index contributed by atoms with van der Waals surface area (Å²) in [6.45, 7) is 11.4. The van der Waals surface area contributed by atoms with Crippen LogP contribution >= 0.6 is 0 Å². The van der Waals surface area contributed by atoms with E-state index in [2.05, 4.69) is 36.6 Å². The largest absolute Gasteiger partial charge is 0.480 e. The standard InChI is InChI=1S/C31H60N12O8/c1-14(2)20(32)26(47)39-18(10-8-12-37-30(33)34)25(46)43-23(17(7)44)28(49)41-21(15(3)4)27(48)40-19(11-9-13-38-31(35)36)24(45)42-22(16(5)6)29(50)51/h14-23,44H,8-13,32H2,1-7H3,(H,39,47)(H,40,48)(H,41,49)(H,42,45)(H,43,46)(H,50,51)(H4,33,34,37)(H4,35,36,38)/t17-,18+,19+,20+,21+,22+,23+/m1/s1. The normalized spacial score (nSPS) is 15.3. The van der Waals surface area contributed by atoms with Crippen LogP contribution in [0, 0.1) is 17.8 Å². The van der Waals surface area contributed by atoms with Crippen LogP contribution < -0.4 is 55.3 Å². The number of nitrogens with zero attached hydrogens (tertiary/aromatic N) is 2. The van der Waals surface area contributed by atoms with E-state index in [1.165, 1.54) is 6.92 Å². The number of nitrogens with two attached hydrogens (primary N) is 5. The Morgan fingerprint density at radius 1 is 0.549 bits per heavy atom. The summed E-state index contributed by atoms with van der Waals surface area (Å²) < 4.78 is 0. The van der Waals surface area contributed by atoms with Gasteiger partial charge in [-0.25, -0.2) is 4.79 Å². The molecule has 20 nitrogen and oxygen atoms in total. The summed E-state index contributed by atoms with van der Waals surface area (Å²) >= 11 is 0. The highest BCUT2D eigenvalue weighted by atomic mass is 16.4. The zero-order chi connectivity index (χ0) is 39.6. The first-order valence-electron chi connectivity index (χ1n) is 16.9. The van der Waals surface area contributed by atoms with Crippen molar-refractivity contribution in [1.29, 1.82) is 0 Å². The Bertz CT molecular complexity index is 1230. The molecule has 7 atom stereocenters. The maximum atomic E-state index is 13.6. The van der Waals surface area contributed by atoms with Crippen LogP contribution in [0.25, 0.3) is 0 Å². The predicted molar refractivity (Wildman–Crippen MR) is 191 cm³/mol. The van der Waals surface area contributed by atoms with Crippen molar-refractivity contribution in [3.63, 3.8) is 0 Å². The molecule has 0 unspecified atom stereocenters. The third kappa shape index (κ3) is 17.7. The Labute approximate surface area is 298 Å². The molecule has 0 heterocycles. The smallest absolute Gasteiger partial charge is 0.326 e. The summed E-state index contributed by atoms with van der Waals surface area (Å²) in [5.74, 6) is -6.80. The van der Waals surface area contributed by atoms with Gasteiger partial charge in [-0.2, -0.15) is 0 Å². The lowest BCUT2D eigenvalue weighted by Crippen LogP contribution is -2.62. The third-order valence-electron chi connectivity index (χ3n) is 7.72. The highest BCUT2D eigenvalue weighted by molar-refractivity contribution is 5.96. The van der Waals surface area contributed by atoms with Crippen molar-refractivity contribution in [2.24, 2.45) is 56.4 Å². The molecule has 17 N–H and O–H groups in total. The van der Waals surface area contributed by atoms with Crippen LogP contribution in [-0.4, -0.2) is 113 Å². The highest BCUT2D eigenvalue weighted by Gasteiger charge is 2.35. The number of carbonyl (C=O) groups is 6. The fraction of sp³-hybridized carbons (Fsp3) is 0.742. The molecule has 0 saturated heterocycles. The number of carboxylic acid groups (broad SMARTS) is 1. The zero-order valence-electron chi connectivity index (χ0n) is 30.6. The number of aliphatic carboxylic acids is 1. The molecule has 51 heavy (non-hydrogen) atoms. The van der Waals surface area contributed by atoms with Crippen molar-refractivity contribution >= 4 is 47.4 Å². The van der Waals surface area contributed by atoms with Gasteiger partial charge in [-0.05, 0) is 50.4 Å². The summed E-state index contributed by atoms with van der Waals surface area (Å²) in [6, 6.07) is -7.46. The number of aliphatic imine (C=N–C) groups is 2. The number of amides is 5. The molecule has 0 fully saturated rings. The first-order chi connectivity index (χ1) is 23.6. The summed E-state index contributed by atoms with van der Waals surface area (Å²) in [4.78, 5) is 85.9. The number of carboxylic acids is 1. The van der Waals surface area contributed by atoms with Crippen LogP contribution in [0.2, 0.25) is 0 Å². The van der Waals surface area contributed by atoms with E-state index in [1.54, 1.807) is 41.5 Å². The van der Waals surface area contributed by atoms with Crippen LogP contribution in [0.15, 0.2) is 9.98 Å². The van der Waals surface area contributed by atoms with Crippen LogP contribution in [0.5, 0.6) is 0 Å². The molecule has 20 heteroatoms. The topological polar surface area (TPSA) is 358 Å². The minimum Gasteiger partial charge on any atom is -0.480 e. The van der Waals surface area contributed by atoms with Gasteiger partial charge in [0.1, 0.15) is 30.2 Å². The maximum Gasteiger partial charge on any atom is 0.326 e. The third-order valence-corrected chi connectivity index (χ3v) is 7.72. The first-order valence-corrected chi connectivity index (χ1v) is 16.9. The Hall–Kier alpha value is -4.72. The molecule has 0 saturated carbocycles. The lowest BCUT2D eigenvalue weighted by Gasteiger charge is -2.29. The van der Waals surface area contributed by atoms with E-state index in [-0.39, 0.29) is 56.6 Å². The Morgan fingerprint density at radius 3 is 1.27 bits per heavy atom. The fourth-order valence-electron chi connectivity index (χ4n) is 4.58. The molecule has 292 valence electrons. The van der Waals surface area contributed by atoms with Crippen molar-refractivity contribution in [2.45, 2.75) is 117 Å². The summed E-state index contributed by atoms with van der Waals surface area (Å²) in [5.41, 5.74) is 27.4. The second kappa shape index (κ2) is 22.9. The van der Waals surface area contributed by atoms with Crippen molar-refractivity contribution in [3.05, 3.63) is 0 Å². The number of aliphatic hydroxyl groups excluding tert-OH is 1. The molecule has 0 rings (SSSR count). The van der Waals surface area contributed by atoms with Crippen LogP contribution in [0.3, 0.4) is 0 Å². The molecule has 0 aliphatic heterocycles. The average Bonchev–Trinajstić information content (AvgIpc) is 3.01. The van der Waals surface area contributed by atoms with E-state index in [1.807, 2.05) is 0 Å². The van der Waals surface area contributed by atoms with Crippen molar-refractivity contribution in [1.82, 2.24) is 26.6 Å². The van der Waals surface area contributed by atoms with Crippen molar-refractivity contribution in [2.75, 3.05) is 13.1 Å². The number of rotatable bonds is 23. The minimum atomic E-state index is -1.58. The van der Waals surface area contributed by atoms with Crippen molar-refractivity contribution in [3.8, 4) is 0 Å². The van der Waals surface area contributed by atoms with E-state index in [4.69, 9.17) is 28.7 Å². The molecule has 0 spiro atoms. The summed E-state index contributed by atoms with van der Waals surface area (Å²) in [7, 11) is 0. The van der Waals surface area contributed by atoms with E-state index in [0.29, 0.717) is 0 Å². The van der Waals surface area contributed by atoms with Gasteiger partial charge in [0.25, 0.3) is 0 Å². The lowest BCUT2D eigenvalue weighted by molar-refractivity contribution is -0.143. The molecule has 0 aliphatic rings. The number of aliphatic hydroxyl groups is 1. The molecular weight excluding hydrogens is 668 g/mol. The van der Waals surface area contributed by atoms with Crippen LogP contribution in [0.4, 0.5) is 0 Å². The quantitative estimate of drug-likeness (QED) is 0.0274. The molecule has 0 bridgehead atoms. The van der Waals surface area contributed by atoms with Gasteiger partial charge >= 0.3 is 5.97 Å². The van der Waals surface area contributed by atoms with Crippen LogP contribution in [0.1, 0.15) is 74.1 Å². The Balaban J connectivity index is 6.13. The SMILES string of the molecule is CC(C)[C@H](N)C(=O)N[C@@H](CCCN=C(N)N)C(=O)N[C@H](C(=O)N[C@H](C(=O)N[C@@H](CCCN=C(N)N)C(=O)N[C@H](C(=O)O)C(C)C)C(C)C)[C@@H](C)O. The second-order valence-electron chi connectivity index (χ2n) is 13.3. The van der Waals surface area contributed by atoms with E-state index < -0.39 is 89.7 Å². The summed E-state index contributed by atoms with van der Waals surface area (Å²) in [6.07, 6.45) is -0.897. The Morgan fingerprint density at radius 2 is 0.922 bits per heavy atom. The number of carbonyl (C=O) groups excluding carboxylic acids is 5. The molecule has 0 aromatic rings. The molecule has 0 aromatic carbocycles. The van der Waals surface area contributed by atoms with E-state index in [0.717, 1.165) is 0 Å². The van der Waals surface area contributed by atoms with Crippen molar-refractivity contribution < 1.29 is 39.0 Å². The molecule has 0 aliphatic carbocycles. The zero-order valence-corrected chi connectivity index (χ0v) is 30.6. The van der Waals surface area contributed by atoms with Gasteiger partial charge in [-0.1, -0.05) is 41.5 Å². The van der Waals surface area contributed by atoms with Gasteiger partial charge < -0.3 is 65.5 Å². The highest BCUT2D eigenvalue weighted by Crippen LogP contribution is 2.10. The molecule has 5 amide bonds. The lowest BCUT2D eigenvalue weighted by atomic mass is 10.00. The van der Waals surface area contributed by atoms with E-state index >= 15 is 0 Å². The number of hydrogen-bond donors (Lipinski definition) is 12. The first kappa shape index (κ1) is 46.3.